The van der Waals surface area contributed by atoms with E-state index in [0.29, 0.717) is 12.1 Å². The Kier molecular flexibility index (Phi) is 4.20. The molecule has 1 saturated carbocycles. The molecule has 1 N–H and O–H groups in total. The van der Waals surface area contributed by atoms with Crippen molar-refractivity contribution in [3.05, 3.63) is 12.7 Å². The quantitative estimate of drug-likeness (QED) is 0.743. The first-order chi connectivity index (χ1) is 8.21. The van der Waals surface area contributed by atoms with Crippen LogP contribution in [0.1, 0.15) is 19.3 Å². The lowest BCUT2D eigenvalue weighted by atomic mass is 9.85. The molecule has 4 heteroatoms. The SMILES string of the molecule is C=CCN(C)[C@H]1CCC2(C[C@@H]1NC)OCCO2. The Morgan fingerprint density at radius 3 is 2.76 bits per heavy atom. The molecular formula is C13H24N2O2. The highest BCUT2D eigenvalue weighted by molar-refractivity contribution is 4.96. The first kappa shape index (κ1) is 13.0. The van der Waals surface area contributed by atoms with E-state index in [1.54, 1.807) is 0 Å². The summed E-state index contributed by atoms with van der Waals surface area (Å²) in [5, 5.41) is 3.41. The molecule has 0 aromatic heterocycles. The Balaban J connectivity index is 1.99. The minimum Gasteiger partial charge on any atom is -0.347 e. The van der Waals surface area contributed by atoms with Crippen molar-refractivity contribution in [2.75, 3.05) is 33.9 Å². The van der Waals surface area contributed by atoms with E-state index >= 15 is 0 Å². The number of hydrogen-bond donors (Lipinski definition) is 1. The summed E-state index contributed by atoms with van der Waals surface area (Å²) in [5.41, 5.74) is 0. The largest absolute Gasteiger partial charge is 0.347 e. The second-order valence-corrected chi connectivity index (χ2v) is 5.04. The van der Waals surface area contributed by atoms with Crippen LogP contribution in [0.3, 0.4) is 0 Å². The van der Waals surface area contributed by atoms with Crippen molar-refractivity contribution in [2.45, 2.75) is 37.1 Å². The number of rotatable bonds is 4. The maximum atomic E-state index is 5.80. The van der Waals surface area contributed by atoms with Crippen molar-refractivity contribution in [2.24, 2.45) is 0 Å². The van der Waals surface area contributed by atoms with Gasteiger partial charge in [-0.25, -0.2) is 0 Å². The molecule has 98 valence electrons. The van der Waals surface area contributed by atoms with Crippen LogP contribution in [-0.4, -0.2) is 56.6 Å². The average Bonchev–Trinajstić information content (AvgIpc) is 2.77. The smallest absolute Gasteiger partial charge is 0.170 e. The Labute approximate surface area is 104 Å². The first-order valence-corrected chi connectivity index (χ1v) is 6.47. The molecule has 2 rings (SSSR count). The lowest BCUT2D eigenvalue weighted by molar-refractivity contribution is -0.189. The molecule has 4 nitrogen and oxygen atoms in total. The Bertz CT molecular complexity index is 264. The summed E-state index contributed by atoms with van der Waals surface area (Å²) in [4.78, 5) is 2.36. The van der Waals surface area contributed by atoms with Gasteiger partial charge in [0.25, 0.3) is 0 Å². The molecule has 2 aliphatic rings. The summed E-state index contributed by atoms with van der Waals surface area (Å²) in [7, 11) is 4.18. The number of likely N-dealkylation sites (N-methyl/N-ethyl adjacent to an activating group) is 2. The van der Waals surface area contributed by atoms with Crippen LogP contribution >= 0.6 is 0 Å². The van der Waals surface area contributed by atoms with Crippen LogP contribution in [0.15, 0.2) is 12.7 Å². The van der Waals surface area contributed by atoms with Crippen molar-refractivity contribution >= 4 is 0 Å². The summed E-state index contributed by atoms with van der Waals surface area (Å²) in [6, 6.07) is 0.961. The molecule has 1 saturated heterocycles. The van der Waals surface area contributed by atoms with Gasteiger partial charge in [-0.1, -0.05) is 6.08 Å². The molecular weight excluding hydrogens is 216 g/mol. The van der Waals surface area contributed by atoms with Crippen LogP contribution in [0, 0.1) is 0 Å². The van der Waals surface area contributed by atoms with Crippen molar-refractivity contribution in [3.63, 3.8) is 0 Å². The van der Waals surface area contributed by atoms with E-state index < -0.39 is 0 Å². The van der Waals surface area contributed by atoms with Gasteiger partial charge in [0.05, 0.1) is 13.2 Å². The van der Waals surface area contributed by atoms with E-state index in [-0.39, 0.29) is 5.79 Å². The summed E-state index contributed by atoms with van der Waals surface area (Å²) in [6.45, 7) is 6.21. The molecule has 0 aromatic rings. The Morgan fingerprint density at radius 2 is 2.18 bits per heavy atom. The zero-order chi connectivity index (χ0) is 12.3. The molecule has 0 radical (unpaired) electrons. The van der Waals surface area contributed by atoms with Gasteiger partial charge in [-0.15, -0.1) is 6.58 Å². The lowest BCUT2D eigenvalue weighted by Crippen LogP contribution is -2.56. The molecule has 0 bridgehead atoms. The molecule has 1 spiro atoms. The van der Waals surface area contributed by atoms with Gasteiger partial charge in [-0.05, 0) is 20.5 Å². The molecule has 1 aliphatic heterocycles. The van der Waals surface area contributed by atoms with E-state index in [9.17, 15) is 0 Å². The molecule has 0 aromatic carbocycles. The predicted molar refractivity (Wildman–Crippen MR) is 67.9 cm³/mol. The van der Waals surface area contributed by atoms with Gasteiger partial charge in [0.1, 0.15) is 0 Å². The third-order valence-corrected chi connectivity index (χ3v) is 3.98. The standard InChI is InChI=1S/C13H24N2O2/c1-4-7-15(3)12-5-6-13(10-11(12)14-2)16-8-9-17-13/h4,11-12,14H,1,5-10H2,2-3H3/t11-,12-/m0/s1. The molecule has 1 aliphatic carbocycles. The van der Waals surface area contributed by atoms with Gasteiger partial charge >= 0.3 is 0 Å². The third-order valence-electron chi connectivity index (χ3n) is 3.98. The normalized spacial score (nSPS) is 32.2. The van der Waals surface area contributed by atoms with E-state index in [2.05, 4.69) is 23.8 Å². The fraction of sp³-hybridized carbons (Fsp3) is 0.846. The summed E-state index contributed by atoms with van der Waals surface area (Å²) >= 11 is 0. The van der Waals surface area contributed by atoms with Crippen LogP contribution in [-0.2, 0) is 9.47 Å². The summed E-state index contributed by atoms with van der Waals surface area (Å²) in [6.07, 6.45) is 5.00. The summed E-state index contributed by atoms with van der Waals surface area (Å²) in [5.74, 6) is -0.306. The van der Waals surface area contributed by atoms with E-state index in [1.165, 1.54) is 0 Å². The van der Waals surface area contributed by atoms with Gasteiger partial charge in [0, 0.05) is 31.5 Å². The second kappa shape index (κ2) is 5.48. The van der Waals surface area contributed by atoms with Crippen molar-refractivity contribution < 1.29 is 9.47 Å². The van der Waals surface area contributed by atoms with Crippen LogP contribution in [0.25, 0.3) is 0 Å². The molecule has 0 amide bonds. The highest BCUT2D eigenvalue weighted by Crippen LogP contribution is 2.37. The monoisotopic (exact) mass is 240 g/mol. The molecule has 0 unspecified atom stereocenters. The zero-order valence-electron chi connectivity index (χ0n) is 10.9. The summed E-state index contributed by atoms with van der Waals surface area (Å²) < 4.78 is 11.6. The van der Waals surface area contributed by atoms with Gasteiger partial charge < -0.3 is 14.8 Å². The Morgan fingerprint density at radius 1 is 1.47 bits per heavy atom. The number of nitrogens with one attached hydrogen (secondary N) is 1. The number of ether oxygens (including phenoxy) is 2. The van der Waals surface area contributed by atoms with Gasteiger partial charge in [-0.3, -0.25) is 4.90 Å². The van der Waals surface area contributed by atoms with Crippen LogP contribution < -0.4 is 5.32 Å². The van der Waals surface area contributed by atoms with Crippen LogP contribution in [0.5, 0.6) is 0 Å². The van der Waals surface area contributed by atoms with Gasteiger partial charge in [0.15, 0.2) is 5.79 Å². The maximum Gasteiger partial charge on any atom is 0.170 e. The highest BCUT2D eigenvalue weighted by Gasteiger charge is 2.45. The van der Waals surface area contributed by atoms with Crippen LogP contribution in [0.4, 0.5) is 0 Å². The lowest BCUT2D eigenvalue weighted by Gasteiger charge is -2.44. The van der Waals surface area contributed by atoms with E-state index in [4.69, 9.17) is 9.47 Å². The maximum absolute atomic E-state index is 5.80. The molecule has 2 atom stereocenters. The average molecular weight is 240 g/mol. The number of nitrogens with zero attached hydrogens (tertiary/aromatic N) is 1. The second-order valence-electron chi connectivity index (χ2n) is 5.04. The highest BCUT2D eigenvalue weighted by atomic mass is 16.7. The minimum absolute atomic E-state index is 0.306. The topological polar surface area (TPSA) is 33.7 Å². The zero-order valence-corrected chi connectivity index (χ0v) is 10.9. The van der Waals surface area contributed by atoms with Gasteiger partial charge in [-0.2, -0.15) is 0 Å². The molecule has 2 fully saturated rings. The fourth-order valence-corrected chi connectivity index (χ4v) is 3.06. The van der Waals surface area contributed by atoms with Crippen molar-refractivity contribution in [1.29, 1.82) is 0 Å². The van der Waals surface area contributed by atoms with Gasteiger partial charge in [0.2, 0.25) is 0 Å². The van der Waals surface area contributed by atoms with E-state index in [0.717, 1.165) is 39.0 Å². The van der Waals surface area contributed by atoms with E-state index in [1.807, 2.05) is 13.1 Å². The molecule has 1 heterocycles. The Hall–Kier alpha value is -0.420. The molecule has 17 heavy (non-hydrogen) atoms. The number of hydrogen-bond acceptors (Lipinski definition) is 4. The first-order valence-electron chi connectivity index (χ1n) is 6.47. The van der Waals surface area contributed by atoms with Crippen LogP contribution in [0.2, 0.25) is 0 Å². The third kappa shape index (κ3) is 2.71. The van der Waals surface area contributed by atoms with Crippen molar-refractivity contribution in [3.8, 4) is 0 Å². The fourth-order valence-electron chi connectivity index (χ4n) is 3.06. The minimum atomic E-state index is -0.306. The predicted octanol–water partition coefficient (Wildman–Crippen LogP) is 0.988. The van der Waals surface area contributed by atoms with Crippen molar-refractivity contribution in [1.82, 2.24) is 10.2 Å².